The summed E-state index contributed by atoms with van der Waals surface area (Å²) in [5.74, 6) is -0.223. The lowest BCUT2D eigenvalue weighted by Gasteiger charge is -2.27. The van der Waals surface area contributed by atoms with Gasteiger partial charge in [0.05, 0.1) is 25.7 Å². The number of carbonyl (C=O) groups excluding carboxylic acids is 3. The smallest absolute Gasteiger partial charge is 0.333 e. The van der Waals surface area contributed by atoms with Crippen LogP contribution in [0.5, 0.6) is 0 Å². The molecule has 0 aromatic rings. The van der Waals surface area contributed by atoms with Crippen molar-refractivity contribution < 1.29 is 28.6 Å². The molecular weight excluding hydrogens is 288 g/mol. The average Bonchev–Trinajstić information content (AvgIpc) is 3.41. The summed E-state index contributed by atoms with van der Waals surface area (Å²) in [5, 5.41) is 0. The predicted molar refractivity (Wildman–Crippen MR) is 72.8 cm³/mol. The summed E-state index contributed by atoms with van der Waals surface area (Å²) >= 11 is 0. The van der Waals surface area contributed by atoms with E-state index < -0.39 is 23.6 Å². The van der Waals surface area contributed by atoms with Crippen molar-refractivity contribution in [2.24, 2.45) is 23.2 Å². The first-order chi connectivity index (χ1) is 10.5. The molecule has 0 aromatic heterocycles. The van der Waals surface area contributed by atoms with E-state index >= 15 is 0 Å². The van der Waals surface area contributed by atoms with Gasteiger partial charge >= 0.3 is 5.97 Å². The minimum Gasteiger partial charge on any atom is -0.466 e. The van der Waals surface area contributed by atoms with Crippen molar-refractivity contribution in [3.63, 3.8) is 0 Å². The number of esters is 1. The van der Waals surface area contributed by atoms with Gasteiger partial charge in [-0.25, -0.2) is 4.79 Å². The lowest BCUT2D eigenvalue weighted by molar-refractivity contribution is -0.143. The Morgan fingerprint density at radius 2 is 1.50 bits per heavy atom. The molecule has 0 radical (unpaired) electrons. The zero-order valence-electron chi connectivity index (χ0n) is 12.4. The molecule has 0 bridgehead atoms. The highest BCUT2D eigenvalue weighted by Crippen LogP contribution is 2.67. The molecular formula is C16H18O6. The normalized spacial score (nSPS) is 44.0. The fourth-order valence-electron chi connectivity index (χ4n) is 4.21. The quantitative estimate of drug-likeness (QED) is 0.303. The highest BCUT2D eigenvalue weighted by atomic mass is 16.6. The third kappa shape index (κ3) is 1.90. The maximum atomic E-state index is 12.6. The summed E-state index contributed by atoms with van der Waals surface area (Å²) in [6, 6.07) is 0. The zero-order valence-corrected chi connectivity index (χ0v) is 12.4. The van der Waals surface area contributed by atoms with E-state index in [1.54, 1.807) is 0 Å². The number of epoxide rings is 2. The molecule has 2 saturated heterocycles. The summed E-state index contributed by atoms with van der Waals surface area (Å²) in [6.45, 7) is 4.63. The average molecular weight is 306 g/mol. The number of rotatable bonds is 6. The fraction of sp³-hybridized carbons (Fsp3) is 0.688. The number of hydrogen-bond donors (Lipinski definition) is 0. The van der Waals surface area contributed by atoms with Gasteiger partial charge in [-0.2, -0.15) is 0 Å². The molecule has 4 atom stereocenters. The van der Waals surface area contributed by atoms with Crippen molar-refractivity contribution in [3.05, 3.63) is 12.2 Å². The van der Waals surface area contributed by atoms with E-state index in [-0.39, 0.29) is 29.3 Å². The van der Waals surface area contributed by atoms with E-state index in [9.17, 15) is 14.4 Å². The molecule has 6 nitrogen and oxygen atoms in total. The predicted octanol–water partition coefficient (Wildman–Crippen LogP) is 0.294. The molecule has 118 valence electrons. The van der Waals surface area contributed by atoms with Crippen molar-refractivity contribution in [2.75, 3.05) is 20.3 Å². The van der Waals surface area contributed by atoms with E-state index in [0.29, 0.717) is 31.6 Å². The van der Waals surface area contributed by atoms with Gasteiger partial charge in [-0.05, 0) is 30.6 Å². The number of methoxy groups -OCH3 is 1. The lowest BCUT2D eigenvalue weighted by Crippen LogP contribution is -2.44. The van der Waals surface area contributed by atoms with Crippen LogP contribution in [-0.4, -0.2) is 50.1 Å². The largest absolute Gasteiger partial charge is 0.466 e. The lowest BCUT2D eigenvalue weighted by atomic mass is 9.71. The standard InChI is InChI=1S/C16H18O6/c1-7(15(19)20-2)12-8-3-16(4-9(8)12,13(17)10-5-21-10)14(18)11-6-22-11/h8-12H,1,3-6H2,2H3. The van der Waals surface area contributed by atoms with Gasteiger partial charge < -0.3 is 14.2 Å². The molecule has 6 heteroatoms. The van der Waals surface area contributed by atoms with Crippen LogP contribution in [0.1, 0.15) is 12.8 Å². The minimum atomic E-state index is -0.968. The summed E-state index contributed by atoms with van der Waals surface area (Å²) in [5.41, 5.74) is -0.513. The molecule has 2 aliphatic heterocycles. The molecule has 0 N–H and O–H groups in total. The minimum absolute atomic E-state index is 0.0430. The third-order valence-electron chi connectivity index (χ3n) is 5.54. The van der Waals surface area contributed by atoms with Crippen LogP contribution in [0.15, 0.2) is 12.2 Å². The maximum absolute atomic E-state index is 12.6. The van der Waals surface area contributed by atoms with Gasteiger partial charge in [0.1, 0.15) is 12.2 Å². The Balaban J connectivity index is 1.52. The van der Waals surface area contributed by atoms with Crippen molar-refractivity contribution in [2.45, 2.75) is 25.0 Å². The molecule has 4 unspecified atom stereocenters. The second-order valence-electron chi connectivity index (χ2n) is 6.73. The SMILES string of the molecule is C=C(C(=O)OC)C1C2CC(C(=O)C3CO3)(C(=O)C3CO3)CC21. The van der Waals surface area contributed by atoms with E-state index in [4.69, 9.17) is 14.2 Å². The number of ether oxygens (including phenoxy) is 3. The van der Waals surface area contributed by atoms with Crippen LogP contribution in [0.2, 0.25) is 0 Å². The van der Waals surface area contributed by atoms with Gasteiger partial charge in [0.25, 0.3) is 0 Å². The number of hydrogen-bond acceptors (Lipinski definition) is 6. The molecule has 4 aliphatic rings. The highest BCUT2D eigenvalue weighted by Gasteiger charge is 2.70. The number of ketones is 2. The van der Waals surface area contributed by atoms with E-state index in [1.807, 2.05) is 0 Å². The highest BCUT2D eigenvalue weighted by molar-refractivity contribution is 6.12. The molecule has 2 saturated carbocycles. The second kappa shape index (κ2) is 4.49. The number of fused-ring (bicyclic) bond motifs is 1. The van der Waals surface area contributed by atoms with Gasteiger partial charge in [0.15, 0.2) is 11.6 Å². The first kappa shape index (κ1) is 14.1. The summed E-state index contributed by atoms with van der Waals surface area (Å²) < 4.78 is 14.9. The van der Waals surface area contributed by atoms with Crippen LogP contribution in [0.4, 0.5) is 0 Å². The molecule has 0 aromatic carbocycles. The number of carbonyl (C=O) groups is 3. The van der Waals surface area contributed by atoms with Crippen LogP contribution in [0, 0.1) is 23.2 Å². The topological polar surface area (TPSA) is 85.5 Å². The van der Waals surface area contributed by atoms with Crippen molar-refractivity contribution >= 4 is 17.5 Å². The zero-order chi connectivity index (χ0) is 15.6. The van der Waals surface area contributed by atoms with Crippen LogP contribution < -0.4 is 0 Å². The van der Waals surface area contributed by atoms with E-state index in [2.05, 4.69) is 6.58 Å². The number of Topliss-reactive ketones (excluding diaryl/α,β-unsaturated/α-hetero) is 2. The molecule has 4 rings (SSSR count). The van der Waals surface area contributed by atoms with Gasteiger partial charge in [-0.3, -0.25) is 9.59 Å². The van der Waals surface area contributed by atoms with Crippen LogP contribution >= 0.6 is 0 Å². The van der Waals surface area contributed by atoms with Gasteiger partial charge in [0.2, 0.25) is 0 Å². The molecule has 2 heterocycles. The Bertz CT molecular complexity index is 547. The summed E-state index contributed by atoms with van der Waals surface area (Å²) in [6.07, 6.45) is 0.107. The second-order valence-corrected chi connectivity index (χ2v) is 6.73. The van der Waals surface area contributed by atoms with Crippen LogP contribution in [0.25, 0.3) is 0 Å². The molecule has 0 amide bonds. The molecule has 2 aliphatic carbocycles. The van der Waals surface area contributed by atoms with Gasteiger partial charge in [-0.15, -0.1) is 0 Å². The van der Waals surface area contributed by atoms with E-state index in [1.165, 1.54) is 7.11 Å². The van der Waals surface area contributed by atoms with E-state index in [0.717, 1.165) is 0 Å². The molecule has 0 spiro atoms. The third-order valence-corrected chi connectivity index (χ3v) is 5.54. The van der Waals surface area contributed by atoms with Crippen molar-refractivity contribution in [1.82, 2.24) is 0 Å². The van der Waals surface area contributed by atoms with Crippen LogP contribution in [-0.2, 0) is 28.6 Å². The first-order valence-electron chi connectivity index (χ1n) is 7.58. The first-order valence-corrected chi connectivity index (χ1v) is 7.58. The molecule has 4 fully saturated rings. The molecule has 22 heavy (non-hydrogen) atoms. The Morgan fingerprint density at radius 1 is 1.05 bits per heavy atom. The van der Waals surface area contributed by atoms with Gasteiger partial charge in [-0.1, -0.05) is 6.58 Å². The van der Waals surface area contributed by atoms with Crippen molar-refractivity contribution in [1.29, 1.82) is 0 Å². The summed E-state index contributed by atoms with van der Waals surface area (Å²) in [7, 11) is 1.33. The summed E-state index contributed by atoms with van der Waals surface area (Å²) in [4.78, 5) is 36.8. The van der Waals surface area contributed by atoms with Gasteiger partial charge in [0, 0.05) is 5.57 Å². The maximum Gasteiger partial charge on any atom is 0.333 e. The Morgan fingerprint density at radius 3 is 1.86 bits per heavy atom. The Hall–Kier alpha value is -1.53. The van der Waals surface area contributed by atoms with Crippen molar-refractivity contribution in [3.8, 4) is 0 Å². The fourth-order valence-corrected chi connectivity index (χ4v) is 4.21. The Kier molecular flexibility index (Phi) is 2.87. The van der Waals surface area contributed by atoms with Crippen LogP contribution in [0.3, 0.4) is 0 Å². The monoisotopic (exact) mass is 306 g/mol. The Labute approximate surface area is 127 Å².